The van der Waals surface area contributed by atoms with Crippen molar-refractivity contribution in [1.82, 2.24) is 19.1 Å². The third-order valence-electron chi connectivity index (χ3n) is 4.09. The Labute approximate surface area is 149 Å². The predicted molar refractivity (Wildman–Crippen MR) is 90.4 cm³/mol. The predicted octanol–water partition coefficient (Wildman–Crippen LogP) is 1.64. The van der Waals surface area contributed by atoms with Crippen molar-refractivity contribution in [3.05, 3.63) is 57.0 Å². The number of nitrogens with one attached hydrogen (secondary N) is 2. The molecule has 3 aromatic rings. The first-order valence-electron chi connectivity index (χ1n) is 7.73. The second-order valence-electron chi connectivity index (χ2n) is 5.89. The Balaban J connectivity index is 1.93. The van der Waals surface area contributed by atoms with Gasteiger partial charge >= 0.3 is 11.9 Å². The number of carbonyl (C=O) groups is 1. The van der Waals surface area contributed by atoms with Gasteiger partial charge in [0.2, 0.25) is 5.91 Å². The summed E-state index contributed by atoms with van der Waals surface area (Å²) >= 11 is 0. The molecular weight excluding hydrogens is 367 g/mol. The Bertz CT molecular complexity index is 1140. The van der Waals surface area contributed by atoms with Crippen molar-refractivity contribution in [3.8, 4) is 0 Å². The molecule has 142 valence electrons. The molecule has 0 aliphatic heterocycles. The Morgan fingerprint density at radius 2 is 2.00 bits per heavy atom. The number of halogens is 3. The van der Waals surface area contributed by atoms with Gasteiger partial charge in [0.25, 0.3) is 5.56 Å². The van der Waals surface area contributed by atoms with Crippen LogP contribution in [0.5, 0.6) is 0 Å². The molecule has 1 unspecified atom stereocenters. The third-order valence-corrected chi connectivity index (χ3v) is 4.09. The summed E-state index contributed by atoms with van der Waals surface area (Å²) in [6, 6.07) is 3.23. The van der Waals surface area contributed by atoms with E-state index in [9.17, 15) is 27.6 Å². The number of hydrogen-bond acceptors (Lipinski definition) is 4. The minimum atomic E-state index is -4.54. The van der Waals surface area contributed by atoms with Crippen molar-refractivity contribution in [2.24, 2.45) is 7.05 Å². The molecule has 3 rings (SSSR count). The molecule has 0 saturated heterocycles. The van der Waals surface area contributed by atoms with Crippen molar-refractivity contribution in [1.29, 1.82) is 0 Å². The molecule has 1 aromatic carbocycles. The molecule has 0 fully saturated rings. The number of carbonyl (C=O) groups excluding carboxylic acids is 1. The van der Waals surface area contributed by atoms with Crippen LogP contribution in [-0.2, 0) is 18.0 Å². The SMILES string of the molecule is CC(C(=O)Nc1cccc(C(F)(F)F)c1)n1cnc2[nH]c(=O)n(C)c(=O)c21. The summed E-state index contributed by atoms with van der Waals surface area (Å²) in [6.45, 7) is 1.45. The van der Waals surface area contributed by atoms with Crippen molar-refractivity contribution >= 4 is 22.8 Å². The zero-order valence-electron chi connectivity index (χ0n) is 14.2. The number of anilines is 1. The van der Waals surface area contributed by atoms with E-state index in [1.54, 1.807) is 0 Å². The number of amides is 1. The van der Waals surface area contributed by atoms with Gasteiger partial charge in [-0.25, -0.2) is 9.78 Å². The standard InChI is InChI=1S/C16H14F3N5O3/c1-8(13(25)21-10-5-3-4-9(6-10)16(17,18)19)24-7-20-12-11(24)14(26)23(2)15(27)22-12/h3-8H,1-2H3,(H,21,25)(H,22,27). The highest BCUT2D eigenvalue weighted by Gasteiger charge is 2.30. The first kappa shape index (κ1) is 18.4. The van der Waals surface area contributed by atoms with Gasteiger partial charge in [-0.3, -0.25) is 19.1 Å². The summed E-state index contributed by atoms with van der Waals surface area (Å²) in [5.74, 6) is -0.651. The van der Waals surface area contributed by atoms with Crippen LogP contribution in [0, 0.1) is 0 Å². The van der Waals surface area contributed by atoms with Gasteiger partial charge in [-0.2, -0.15) is 13.2 Å². The van der Waals surface area contributed by atoms with Gasteiger partial charge in [0, 0.05) is 12.7 Å². The number of nitrogens with zero attached hydrogens (tertiary/aromatic N) is 3. The molecule has 1 amide bonds. The van der Waals surface area contributed by atoms with Crippen molar-refractivity contribution < 1.29 is 18.0 Å². The molecule has 2 N–H and O–H groups in total. The molecule has 0 radical (unpaired) electrons. The fourth-order valence-corrected chi connectivity index (χ4v) is 2.54. The number of aromatic nitrogens is 4. The van der Waals surface area contributed by atoms with Crippen LogP contribution < -0.4 is 16.6 Å². The van der Waals surface area contributed by atoms with Crippen LogP contribution in [0.15, 0.2) is 40.2 Å². The van der Waals surface area contributed by atoms with Gasteiger partial charge in [0.15, 0.2) is 11.2 Å². The van der Waals surface area contributed by atoms with E-state index in [-0.39, 0.29) is 16.9 Å². The molecular formula is C16H14F3N5O3. The van der Waals surface area contributed by atoms with Crippen molar-refractivity contribution in [3.63, 3.8) is 0 Å². The van der Waals surface area contributed by atoms with E-state index < -0.39 is 34.9 Å². The molecule has 0 aliphatic rings. The van der Waals surface area contributed by atoms with Crippen molar-refractivity contribution in [2.75, 3.05) is 5.32 Å². The maximum absolute atomic E-state index is 12.8. The number of benzene rings is 1. The molecule has 11 heteroatoms. The van der Waals surface area contributed by atoms with E-state index >= 15 is 0 Å². The van der Waals surface area contributed by atoms with Gasteiger partial charge in [-0.15, -0.1) is 0 Å². The Kier molecular flexibility index (Phi) is 4.38. The average Bonchev–Trinajstić information content (AvgIpc) is 3.02. The van der Waals surface area contributed by atoms with Gasteiger partial charge in [-0.05, 0) is 25.1 Å². The number of hydrogen-bond donors (Lipinski definition) is 2. The van der Waals surface area contributed by atoms with E-state index in [1.165, 1.54) is 37.0 Å². The van der Waals surface area contributed by atoms with E-state index in [4.69, 9.17) is 0 Å². The second kappa shape index (κ2) is 6.41. The highest BCUT2D eigenvalue weighted by molar-refractivity contribution is 5.94. The minimum absolute atomic E-state index is 0.00351. The lowest BCUT2D eigenvalue weighted by atomic mass is 10.2. The maximum atomic E-state index is 12.8. The molecule has 0 saturated carbocycles. The lowest BCUT2D eigenvalue weighted by molar-refractivity contribution is -0.137. The summed E-state index contributed by atoms with van der Waals surface area (Å²) < 4.78 is 40.4. The topological polar surface area (TPSA) is 102 Å². The van der Waals surface area contributed by atoms with E-state index in [2.05, 4.69) is 15.3 Å². The molecule has 2 aromatic heterocycles. The monoisotopic (exact) mass is 381 g/mol. The average molecular weight is 381 g/mol. The third kappa shape index (κ3) is 3.35. The number of H-pyrrole nitrogens is 1. The fourth-order valence-electron chi connectivity index (χ4n) is 2.54. The van der Waals surface area contributed by atoms with E-state index in [0.29, 0.717) is 0 Å². The summed E-state index contributed by atoms with van der Waals surface area (Å²) in [6.07, 6.45) is -3.33. The zero-order valence-corrected chi connectivity index (χ0v) is 14.2. The van der Waals surface area contributed by atoms with Gasteiger partial charge in [0.1, 0.15) is 6.04 Å². The number of aromatic amines is 1. The van der Waals surface area contributed by atoms with Crippen molar-refractivity contribution in [2.45, 2.75) is 19.1 Å². The van der Waals surface area contributed by atoms with E-state index in [0.717, 1.165) is 16.7 Å². The molecule has 0 spiro atoms. The highest BCUT2D eigenvalue weighted by Crippen LogP contribution is 2.30. The summed E-state index contributed by atoms with van der Waals surface area (Å²) in [5, 5.41) is 2.38. The number of fused-ring (bicyclic) bond motifs is 1. The van der Waals surface area contributed by atoms with Crippen LogP contribution >= 0.6 is 0 Å². The van der Waals surface area contributed by atoms with Crippen LogP contribution in [0.2, 0.25) is 0 Å². The van der Waals surface area contributed by atoms with Gasteiger partial charge < -0.3 is 9.88 Å². The maximum Gasteiger partial charge on any atom is 0.416 e. The Morgan fingerprint density at radius 3 is 2.67 bits per heavy atom. The number of imidazole rings is 1. The van der Waals surface area contributed by atoms with Crippen LogP contribution in [0.25, 0.3) is 11.2 Å². The first-order chi connectivity index (χ1) is 12.6. The molecule has 2 heterocycles. The van der Waals surface area contributed by atoms with Crippen LogP contribution in [0.1, 0.15) is 18.5 Å². The Morgan fingerprint density at radius 1 is 1.30 bits per heavy atom. The minimum Gasteiger partial charge on any atom is -0.324 e. The summed E-state index contributed by atoms with van der Waals surface area (Å²) in [4.78, 5) is 42.7. The zero-order chi connectivity index (χ0) is 19.9. The largest absolute Gasteiger partial charge is 0.416 e. The van der Waals surface area contributed by atoms with Gasteiger partial charge in [0.05, 0.1) is 11.9 Å². The van der Waals surface area contributed by atoms with Crippen LogP contribution in [-0.4, -0.2) is 25.0 Å². The number of alkyl halides is 3. The van der Waals surface area contributed by atoms with Crippen LogP contribution in [0.4, 0.5) is 18.9 Å². The Hall–Kier alpha value is -3.37. The lowest BCUT2D eigenvalue weighted by Gasteiger charge is -2.15. The smallest absolute Gasteiger partial charge is 0.324 e. The molecule has 27 heavy (non-hydrogen) atoms. The number of rotatable bonds is 3. The second-order valence-corrected chi connectivity index (χ2v) is 5.89. The summed E-state index contributed by atoms with van der Waals surface area (Å²) in [7, 11) is 1.27. The fraction of sp³-hybridized carbons (Fsp3) is 0.250. The normalized spacial score (nSPS) is 12.9. The first-order valence-corrected chi connectivity index (χ1v) is 7.73. The van der Waals surface area contributed by atoms with E-state index in [1.807, 2.05) is 0 Å². The van der Waals surface area contributed by atoms with Gasteiger partial charge in [-0.1, -0.05) is 6.07 Å². The molecule has 0 aliphatic carbocycles. The highest BCUT2D eigenvalue weighted by atomic mass is 19.4. The summed E-state index contributed by atoms with van der Waals surface area (Å²) in [5.41, 5.74) is -2.21. The molecule has 1 atom stereocenters. The lowest BCUT2D eigenvalue weighted by Crippen LogP contribution is -2.34. The molecule has 0 bridgehead atoms. The molecule has 8 nitrogen and oxygen atoms in total. The quantitative estimate of drug-likeness (QED) is 0.720. The van der Waals surface area contributed by atoms with Crippen LogP contribution in [0.3, 0.4) is 0 Å².